The van der Waals surface area contributed by atoms with Gasteiger partial charge in [0.25, 0.3) is 0 Å². The van der Waals surface area contributed by atoms with E-state index in [1.165, 1.54) is 31.2 Å². The fourth-order valence-corrected chi connectivity index (χ4v) is 1.26. The predicted octanol–water partition coefficient (Wildman–Crippen LogP) is 1.78. The lowest BCUT2D eigenvalue weighted by atomic mass is 10.1. The molecular weight excluding hydrogens is 197 g/mol. The molecule has 0 aliphatic rings. The Balaban J connectivity index is 2.49. The second-order valence-electron chi connectivity index (χ2n) is 3.18. The van der Waals surface area contributed by atoms with Crippen molar-refractivity contribution in [3.05, 3.63) is 35.6 Å². The van der Waals surface area contributed by atoms with E-state index < -0.39 is 0 Å². The fraction of sp³-hybridized carbons (Fsp3) is 0.364. The van der Waals surface area contributed by atoms with Crippen molar-refractivity contribution in [3.63, 3.8) is 0 Å². The first-order chi connectivity index (χ1) is 7.13. The Morgan fingerprint density at radius 1 is 1.40 bits per heavy atom. The molecule has 0 aromatic heterocycles. The van der Waals surface area contributed by atoms with Crippen LogP contribution in [0.5, 0.6) is 0 Å². The predicted molar refractivity (Wildman–Crippen MR) is 54.5 cm³/mol. The van der Waals surface area contributed by atoms with Crippen LogP contribution in [0.25, 0.3) is 0 Å². The summed E-state index contributed by atoms with van der Waals surface area (Å²) in [5.41, 5.74) is 0.972. The van der Waals surface area contributed by atoms with Crippen LogP contribution in [0.15, 0.2) is 24.3 Å². The molecular formula is C11H14FNO2. The van der Waals surface area contributed by atoms with E-state index in [0.29, 0.717) is 13.0 Å². The number of nitrogens with zero attached hydrogens (tertiary/aromatic N) is 1. The third-order valence-corrected chi connectivity index (χ3v) is 2.09. The van der Waals surface area contributed by atoms with Crippen molar-refractivity contribution >= 4 is 5.91 Å². The highest BCUT2D eigenvalue weighted by Gasteiger charge is 2.06. The minimum Gasteiger partial charge on any atom is -0.274 e. The van der Waals surface area contributed by atoms with Crippen molar-refractivity contribution in [1.29, 1.82) is 0 Å². The van der Waals surface area contributed by atoms with Crippen LogP contribution in [0.3, 0.4) is 0 Å². The molecule has 0 atom stereocenters. The van der Waals surface area contributed by atoms with E-state index in [2.05, 4.69) is 0 Å². The molecule has 15 heavy (non-hydrogen) atoms. The van der Waals surface area contributed by atoms with Gasteiger partial charge in [0.2, 0.25) is 5.91 Å². The van der Waals surface area contributed by atoms with Crippen LogP contribution in [-0.2, 0) is 16.1 Å². The van der Waals surface area contributed by atoms with E-state index in [-0.39, 0.29) is 11.7 Å². The number of carbonyl (C=O) groups excluding carboxylic acids is 1. The number of carbonyl (C=O) groups is 1. The zero-order valence-electron chi connectivity index (χ0n) is 8.87. The molecule has 3 nitrogen and oxygen atoms in total. The van der Waals surface area contributed by atoms with E-state index in [4.69, 9.17) is 4.84 Å². The van der Waals surface area contributed by atoms with Gasteiger partial charge in [0.05, 0.1) is 13.7 Å². The quantitative estimate of drug-likeness (QED) is 0.710. The summed E-state index contributed by atoms with van der Waals surface area (Å²) in [5, 5.41) is 1.27. The first-order valence-corrected chi connectivity index (χ1v) is 4.70. The van der Waals surface area contributed by atoms with Gasteiger partial charge in [-0.1, -0.05) is 12.1 Å². The molecule has 0 radical (unpaired) electrons. The number of hydrogen-bond donors (Lipinski definition) is 0. The maximum absolute atomic E-state index is 12.6. The maximum atomic E-state index is 12.6. The van der Waals surface area contributed by atoms with E-state index in [1.54, 1.807) is 12.1 Å². The van der Waals surface area contributed by atoms with Gasteiger partial charge in [0.15, 0.2) is 0 Å². The summed E-state index contributed by atoms with van der Waals surface area (Å²) in [6.07, 6.45) is 0.647. The monoisotopic (exact) mass is 211 g/mol. The molecule has 0 saturated carbocycles. The smallest absolute Gasteiger partial charge is 0.242 e. The van der Waals surface area contributed by atoms with Crippen molar-refractivity contribution in [1.82, 2.24) is 5.06 Å². The lowest BCUT2D eigenvalue weighted by Crippen LogP contribution is -2.29. The molecule has 0 aliphatic carbocycles. The minimum atomic E-state index is -0.256. The number of hydroxylamine groups is 2. The molecule has 0 N–H and O–H groups in total. The standard InChI is InChI=1S/C11H14FNO2/c1-9(14)13(15-2)8-7-10-3-5-11(12)6-4-10/h3-6H,7-8H2,1-2H3. The lowest BCUT2D eigenvalue weighted by molar-refractivity contribution is -0.173. The summed E-state index contributed by atoms with van der Waals surface area (Å²) >= 11 is 0. The molecule has 0 unspecified atom stereocenters. The van der Waals surface area contributed by atoms with E-state index in [0.717, 1.165) is 5.56 Å². The third-order valence-electron chi connectivity index (χ3n) is 2.09. The van der Waals surface area contributed by atoms with Crippen molar-refractivity contribution < 1.29 is 14.0 Å². The summed E-state index contributed by atoms with van der Waals surface area (Å²) in [6.45, 7) is 1.91. The second-order valence-corrected chi connectivity index (χ2v) is 3.18. The highest BCUT2D eigenvalue weighted by atomic mass is 19.1. The van der Waals surface area contributed by atoms with Gasteiger partial charge in [-0.15, -0.1) is 0 Å². The van der Waals surface area contributed by atoms with Gasteiger partial charge in [-0.05, 0) is 24.1 Å². The van der Waals surface area contributed by atoms with Crippen LogP contribution in [0.1, 0.15) is 12.5 Å². The first kappa shape index (κ1) is 11.7. The van der Waals surface area contributed by atoms with Gasteiger partial charge < -0.3 is 0 Å². The molecule has 4 heteroatoms. The van der Waals surface area contributed by atoms with Crippen molar-refractivity contribution in [2.24, 2.45) is 0 Å². The molecule has 0 spiro atoms. The Hall–Kier alpha value is -1.42. The lowest BCUT2D eigenvalue weighted by Gasteiger charge is -2.17. The van der Waals surface area contributed by atoms with Gasteiger partial charge in [-0.3, -0.25) is 9.63 Å². The zero-order valence-corrected chi connectivity index (χ0v) is 8.87. The average Bonchev–Trinajstić information content (AvgIpc) is 2.21. The third kappa shape index (κ3) is 3.67. The highest BCUT2D eigenvalue weighted by molar-refractivity contribution is 5.71. The number of hydrogen-bond acceptors (Lipinski definition) is 2. The van der Waals surface area contributed by atoms with Crippen LogP contribution in [0.4, 0.5) is 4.39 Å². The van der Waals surface area contributed by atoms with Crippen LogP contribution in [0, 0.1) is 5.82 Å². The summed E-state index contributed by atoms with van der Waals surface area (Å²) in [4.78, 5) is 15.9. The van der Waals surface area contributed by atoms with Gasteiger partial charge in [0, 0.05) is 6.92 Å². The Morgan fingerprint density at radius 2 is 2.00 bits per heavy atom. The molecule has 1 aromatic carbocycles. The van der Waals surface area contributed by atoms with E-state index in [1.807, 2.05) is 0 Å². The Morgan fingerprint density at radius 3 is 2.47 bits per heavy atom. The van der Waals surface area contributed by atoms with E-state index >= 15 is 0 Å². The highest BCUT2D eigenvalue weighted by Crippen LogP contribution is 2.04. The topological polar surface area (TPSA) is 29.5 Å². The van der Waals surface area contributed by atoms with Crippen molar-refractivity contribution in [2.45, 2.75) is 13.3 Å². The van der Waals surface area contributed by atoms with Crippen LogP contribution in [0.2, 0.25) is 0 Å². The first-order valence-electron chi connectivity index (χ1n) is 4.70. The van der Waals surface area contributed by atoms with Gasteiger partial charge in [-0.25, -0.2) is 9.45 Å². The maximum Gasteiger partial charge on any atom is 0.242 e. The van der Waals surface area contributed by atoms with Crippen molar-refractivity contribution in [2.75, 3.05) is 13.7 Å². The molecule has 0 heterocycles. The molecule has 1 amide bonds. The second kappa shape index (κ2) is 5.46. The van der Waals surface area contributed by atoms with Gasteiger partial charge >= 0.3 is 0 Å². The summed E-state index contributed by atoms with van der Waals surface area (Å²) in [5.74, 6) is -0.395. The number of rotatable bonds is 4. The van der Waals surface area contributed by atoms with Gasteiger partial charge in [0.1, 0.15) is 5.82 Å². The molecule has 1 rings (SSSR count). The number of amides is 1. The Bertz CT molecular complexity index is 324. The summed E-state index contributed by atoms with van der Waals surface area (Å²) in [6, 6.07) is 6.20. The normalized spacial score (nSPS) is 10.1. The van der Waals surface area contributed by atoms with Crippen LogP contribution in [-0.4, -0.2) is 24.6 Å². The average molecular weight is 211 g/mol. The van der Waals surface area contributed by atoms with E-state index in [9.17, 15) is 9.18 Å². The fourth-order valence-electron chi connectivity index (χ4n) is 1.26. The molecule has 0 bridgehead atoms. The van der Waals surface area contributed by atoms with Crippen molar-refractivity contribution in [3.8, 4) is 0 Å². The number of benzene rings is 1. The SMILES string of the molecule is CON(CCc1ccc(F)cc1)C(C)=O. The molecule has 82 valence electrons. The molecule has 0 aliphatic heterocycles. The molecule has 0 saturated heterocycles. The molecule has 0 fully saturated rings. The van der Waals surface area contributed by atoms with Crippen LogP contribution >= 0.6 is 0 Å². The van der Waals surface area contributed by atoms with Crippen LogP contribution < -0.4 is 0 Å². The largest absolute Gasteiger partial charge is 0.274 e. The summed E-state index contributed by atoms with van der Waals surface area (Å²) in [7, 11) is 1.45. The number of halogens is 1. The van der Waals surface area contributed by atoms with Gasteiger partial charge in [-0.2, -0.15) is 0 Å². The molecule has 1 aromatic rings. The Labute approximate surface area is 88.4 Å². The summed E-state index contributed by atoms with van der Waals surface area (Å²) < 4.78 is 12.6. The minimum absolute atomic E-state index is 0.139. The zero-order chi connectivity index (χ0) is 11.3. The Kier molecular flexibility index (Phi) is 4.24.